The molecule has 0 unspecified atom stereocenters. The second-order valence-corrected chi connectivity index (χ2v) is 17.4. The van der Waals surface area contributed by atoms with Gasteiger partial charge in [0.2, 0.25) is 59.1 Å². The lowest BCUT2D eigenvalue weighted by Crippen LogP contribution is -2.60. The molecule has 3 rings (SSSR count). The van der Waals surface area contributed by atoms with E-state index in [4.69, 9.17) is 28.7 Å². The Morgan fingerprint density at radius 3 is 2.21 bits per heavy atom. The summed E-state index contributed by atoms with van der Waals surface area (Å²) in [7, 11) is 3.79. The second-order valence-electron chi connectivity index (χ2n) is 14.8. The highest BCUT2D eigenvalue weighted by Crippen LogP contribution is 2.26. The van der Waals surface area contributed by atoms with E-state index in [1.165, 1.54) is 27.6 Å². The monoisotopic (exact) mass is 919 g/mol. The Morgan fingerprint density at radius 2 is 1.56 bits per heavy atom. The molecule has 0 saturated carbocycles. The van der Waals surface area contributed by atoms with Crippen molar-refractivity contribution in [3.8, 4) is 0 Å². The maximum atomic E-state index is 14.3. The first kappa shape index (κ1) is 51.2. The van der Waals surface area contributed by atoms with Crippen molar-refractivity contribution in [3.05, 3.63) is 35.9 Å². The zero-order valence-corrected chi connectivity index (χ0v) is 36.5. The highest BCUT2D eigenvalue weighted by molar-refractivity contribution is 8.76. The standard InChI is InChI=1S/C38H57N13O10S2/c1-50-27(17-21-7-3-2-4-8-21)36(60)47-23(11-12-28(39)52)33(57)48-24(18-29(40)53)34(58)49-25(20-63-62-16-13-31(50)55)37(61)51-15-6-10-26(51)35(59)46-22(9-5-14-44-38(42)43)32(56)45-19-30(41)54/h2-4,7-8,22-27H,5-6,9-20H2,1H3,(H2,39,52)(H2,40,53)(H2,41,54)(H,45,56)(H,46,59)(H,47,60)(H,48,57)(H,49,58)(H4,42,43,44)/t22-,23-,24+,25+,26-,27-/m0/s1. The molecule has 15 N–H and O–H groups in total. The SMILES string of the molecule is CN1C(=O)CCSSC[C@H](C(=O)N2CCC[C@H]2C(=O)N[C@@H](CCCN=C(N)N)C(=O)NCC(N)=O)NC(=O)[C@@H](CC(N)=O)NC(=O)[C@H](CCC(N)=O)NC(=O)[C@@H]1Cc1ccccc1. The van der Waals surface area contributed by atoms with E-state index in [1.807, 2.05) is 0 Å². The molecule has 2 aliphatic heterocycles. The third kappa shape index (κ3) is 17.3. The average molecular weight is 920 g/mol. The molecule has 0 aromatic heterocycles. The smallest absolute Gasteiger partial charge is 0.246 e. The Hall–Kier alpha value is -6.11. The lowest BCUT2D eigenvalue weighted by Gasteiger charge is -2.31. The summed E-state index contributed by atoms with van der Waals surface area (Å²) in [5.74, 6) is -7.93. The summed E-state index contributed by atoms with van der Waals surface area (Å²) >= 11 is 0. The van der Waals surface area contributed by atoms with Gasteiger partial charge in [0.25, 0.3) is 0 Å². The van der Waals surface area contributed by atoms with Crippen LogP contribution in [-0.2, 0) is 54.4 Å². The normalized spacial score (nSPS) is 22.0. The fraction of sp³-hybridized carbons (Fsp3) is 0.553. The van der Waals surface area contributed by atoms with Gasteiger partial charge in [-0.3, -0.25) is 52.9 Å². The molecule has 63 heavy (non-hydrogen) atoms. The van der Waals surface area contributed by atoms with E-state index in [0.29, 0.717) is 12.0 Å². The molecule has 0 bridgehead atoms. The van der Waals surface area contributed by atoms with Crippen molar-refractivity contribution >= 4 is 86.6 Å². The molecular weight excluding hydrogens is 863 g/mol. The lowest BCUT2D eigenvalue weighted by atomic mass is 10.0. The minimum Gasteiger partial charge on any atom is -0.370 e. The fourth-order valence-corrected chi connectivity index (χ4v) is 8.83. The molecule has 1 aromatic carbocycles. The number of hydrogen-bond donors (Lipinski definition) is 10. The van der Waals surface area contributed by atoms with Crippen LogP contribution in [0.3, 0.4) is 0 Å². The molecule has 25 heteroatoms. The maximum absolute atomic E-state index is 14.3. The molecule has 2 fully saturated rings. The minimum atomic E-state index is -1.67. The van der Waals surface area contributed by atoms with Crippen molar-refractivity contribution in [2.45, 2.75) is 94.0 Å². The Balaban J connectivity index is 1.93. The number of primary amides is 3. The topological polar surface area (TPSA) is 380 Å². The Bertz CT molecular complexity index is 1870. The summed E-state index contributed by atoms with van der Waals surface area (Å²) in [5.41, 5.74) is 27.5. The van der Waals surface area contributed by atoms with Gasteiger partial charge in [-0.25, -0.2) is 0 Å². The molecule has 0 spiro atoms. The second kappa shape index (κ2) is 25.7. The highest BCUT2D eigenvalue weighted by Gasteiger charge is 2.40. The summed E-state index contributed by atoms with van der Waals surface area (Å²) in [6, 6.07) is 0.936. The zero-order valence-electron chi connectivity index (χ0n) is 34.9. The molecule has 2 aliphatic rings. The minimum absolute atomic E-state index is 0.0432. The van der Waals surface area contributed by atoms with Crippen LogP contribution in [0.25, 0.3) is 0 Å². The first-order valence-electron chi connectivity index (χ1n) is 20.1. The van der Waals surface area contributed by atoms with Crippen LogP contribution < -0.4 is 55.3 Å². The fourth-order valence-electron chi connectivity index (χ4n) is 6.69. The van der Waals surface area contributed by atoms with Crippen LogP contribution in [-0.4, -0.2) is 149 Å². The molecular formula is C38H57N13O10S2. The summed E-state index contributed by atoms with van der Waals surface area (Å²) in [4.78, 5) is 138. The Kier molecular flexibility index (Phi) is 20.9. The summed E-state index contributed by atoms with van der Waals surface area (Å²) in [6.07, 6.45) is -0.541. The maximum Gasteiger partial charge on any atom is 0.246 e. The van der Waals surface area contributed by atoms with Crippen LogP contribution in [0.1, 0.15) is 56.9 Å². The quantitative estimate of drug-likeness (QED) is 0.0305. The van der Waals surface area contributed by atoms with Gasteiger partial charge in [0.05, 0.1) is 13.0 Å². The summed E-state index contributed by atoms with van der Waals surface area (Å²) in [5, 5.41) is 12.6. The number of guanidine groups is 1. The van der Waals surface area contributed by atoms with Crippen LogP contribution in [0.5, 0.6) is 0 Å². The van der Waals surface area contributed by atoms with Gasteiger partial charge >= 0.3 is 0 Å². The number of nitrogens with one attached hydrogen (secondary N) is 5. The predicted molar refractivity (Wildman–Crippen MR) is 233 cm³/mol. The number of carbonyl (C=O) groups excluding carboxylic acids is 10. The van der Waals surface area contributed by atoms with Crippen LogP contribution in [0.4, 0.5) is 0 Å². The van der Waals surface area contributed by atoms with Gasteiger partial charge in [-0.1, -0.05) is 51.9 Å². The van der Waals surface area contributed by atoms with E-state index in [0.717, 1.165) is 10.8 Å². The first-order valence-corrected chi connectivity index (χ1v) is 22.6. The van der Waals surface area contributed by atoms with Gasteiger partial charge in [-0.05, 0) is 37.7 Å². The number of carbonyl (C=O) groups is 10. The Labute approximate surface area is 371 Å². The van der Waals surface area contributed by atoms with Crippen molar-refractivity contribution in [1.29, 1.82) is 0 Å². The van der Waals surface area contributed by atoms with Crippen LogP contribution in [0.2, 0.25) is 0 Å². The van der Waals surface area contributed by atoms with Crippen molar-refractivity contribution < 1.29 is 47.9 Å². The Morgan fingerprint density at radius 1 is 0.873 bits per heavy atom. The van der Waals surface area contributed by atoms with Crippen LogP contribution in [0, 0.1) is 0 Å². The van der Waals surface area contributed by atoms with Crippen LogP contribution >= 0.6 is 21.6 Å². The number of benzene rings is 1. The summed E-state index contributed by atoms with van der Waals surface area (Å²) in [6.45, 7) is -0.288. The molecule has 2 heterocycles. The predicted octanol–water partition coefficient (Wildman–Crippen LogP) is -4.43. The van der Waals surface area contributed by atoms with Gasteiger partial charge in [0, 0.05) is 50.9 Å². The van der Waals surface area contributed by atoms with Crippen LogP contribution in [0.15, 0.2) is 35.3 Å². The van der Waals surface area contributed by atoms with Crippen molar-refractivity contribution in [1.82, 2.24) is 36.4 Å². The highest BCUT2D eigenvalue weighted by atomic mass is 33.1. The van der Waals surface area contributed by atoms with E-state index in [-0.39, 0.29) is 75.5 Å². The van der Waals surface area contributed by atoms with Gasteiger partial charge in [-0.15, -0.1) is 0 Å². The van der Waals surface area contributed by atoms with Crippen molar-refractivity contribution in [2.24, 2.45) is 33.7 Å². The number of amides is 10. The largest absolute Gasteiger partial charge is 0.370 e. The van der Waals surface area contributed by atoms with E-state index < -0.39 is 108 Å². The van der Waals surface area contributed by atoms with Crippen molar-refractivity contribution in [3.63, 3.8) is 0 Å². The zero-order chi connectivity index (χ0) is 46.6. The van der Waals surface area contributed by atoms with Gasteiger partial charge in [0.15, 0.2) is 5.96 Å². The molecule has 10 amide bonds. The van der Waals surface area contributed by atoms with Crippen molar-refractivity contribution in [2.75, 3.05) is 38.2 Å². The molecule has 346 valence electrons. The van der Waals surface area contributed by atoms with Gasteiger partial charge in [0.1, 0.15) is 36.3 Å². The third-order valence-electron chi connectivity index (χ3n) is 9.97. The summed E-state index contributed by atoms with van der Waals surface area (Å²) < 4.78 is 0. The van der Waals surface area contributed by atoms with E-state index in [9.17, 15) is 47.9 Å². The number of aliphatic imine (C=N–C) groups is 1. The number of rotatable bonds is 17. The van der Waals surface area contributed by atoms with Gasteiger partial charge < -0.3 is 65.1 Å². The average Bonchev–Trinajstić information content (AvgIpc) is 3.73. The molecule has 0 radical (unpaired) electrons. The molecule has 1 aromatic rings. The molecule has 23 nitrogen and oxygen atoms in total. The van der Waals surface area contributed by atoms with E-state index >= 15 is 0 Å². The molecule has 6 atom stereocenters. The number of hydrogen-bond acceptors (Lipinski definition) is 13. The number of nitrogens with two attached hydrogens (primary N) is 5. The number of likely N-dealkylation sites (N-methyl/N-ethyl adjacent to an activating group) is 1. The third-order valence-corrected chi connectivity index (χ3v) is 12.4. The first-order chi connectivity index (χ1) is 29.9. The number of nitrogens with zero attached hydrogens (tertiary/aromatic N) is 3. The van der Waals surface area contributed by atoms with E-state index in [1.54, 1.807) is 30.3 Å². The number of likely N-dealkylation sites (tertiary alicyclic amines) is 1. The van der Waals surface area contributed by atoms with E-state index in [2.05, 4.69) is 31.6 Å². The molecule has 0 aliphatic carbocycles. The lowest BCUT2D eigenvalue weighted by molar-refractivity contribution is -0.142. The van der Waals surface area contributed by atoms with Gasteiger partial charge in [-0.2, -0.15) is 0 Å². The molecule has 2 saturated heterocycles.